The van der Waals surface area contributed by atoms with Crippen molar-refractivity contribution in [3.63, 3.8) is 0 Å². The standard InChI is InChI=1S/C14H18BrN3/c1-3-5-14-11(9-16-2)10-17-18(14)13-7-4-6-12(15)8-13/h4,6-8,10,16H,3,5,9H2,1-2H3. The van der Waals surface area contributed by atoms with E-state index in [1.807, 2.05) is 30.1 Å². The first-order chi connectivity index (χ1) is 8.76. The normalized spacial score (nSPS) is 10.8. The molecule has 0 fully saturated rings. The van der Waals surface area contributed by atoms with Gasteiger partial charge in [0.05, 0.1) is 11.9 Å². The average Bonchev–Trinajstić information content (AvgIpc) is 2.74. The van der Waals surface area contributed by atoms with Crippen LogP contribution in [0.3, 0.4) is 0 Å². The van der Waals surface area contributed by atoms with Crippen LogP contribution in [0.25, 0.3) is 5.69 Å². The summed E-state index contributed by atoms with van der Waals surface area (Å²) in [6.07, 6.45) is 4.13. The molecule has 0 amide bonds. The quantitative estimate of drug-likeness (QED) is 0.918. The van der Waals surface area contributed by atoms with Crippen LogP contribution >= 0.6 is 15.9 Å². The van der Waals surface area contributed by atoms with Crippen molar-refractivity contribution in [2.45, 2.75) is 26.3 Å². The van der Waals surface area contributed by atoms with Crippen LogP contribution in [0.1, 0.15) is 24.6 Å². The Labute approximate surface area is 116 Å². The van der Waals surface area contributed by atoms with Gasteiger partial charge in [0, 0.05) is 22.3 Å². The van der Waals surface area contributed by atoms with E-state index in [0.717, 1.165) is 29.5 Å². The smallest absolute Gasteiger partial charge is 0.0660 e. The highest BCUT2D eigenvalue weighted by Crippen LogP contribution is 2.19. The predicted molar refractivity (Wildman–Crippen MR) is 78.0 cm³/mol. The second-order valence-electron chi connectivity index (χ2n) is 4.29. The molecule has 18 heavy (non-hydrogen) atoms. The monoisotopic (exact) mass is 307 g/mol. The molecule has 0 atom stereocenters. The van der Waals surface area contributed by atoms with Gasteiger partial charge >= 0.3 is 0 Å². The van der Waals surface area contributed by atoms with E-state index in [1.165, 1.54) is 11.3 Å². The zero-order valence-corrected chi connectivity index (χ0v) is 12.4. The molecule has 0 saturated carbocycles. The van der Waals surface area contributed by atoms with E-state index in [1.54, 1.807) is 0 Å². The minimum Gasteiger partial charge on any atom is -0.316 e. The van der Waals surface area contributed by atoms with Crippen LogP contribution in [0.15, 0.2) is 34.9 Å². The third-order valence-corrected chi connectivity index (χ3v) is 3.36. The Morgan fingerprint density at radius 1 is 1.39 bits per heavy atom. The first-order valence-electron chi connectivity index (χ1n) is 6.22. The lowest BCUT2D eigenvalue weighted by Gasteiger charge is -2.09. The molecule has 0 aliphatic rings. The molecule has 1 aromatic carbocycles. The summed E-state index contributed by atoms with van der Waals surface area (Å²) >= 11 is 3.51. The summed E-state index contributed by atoms with van der Waals surface area (Å²) in [5.74, 6) is 0. The van der Waals surface area contributed by atoms with Crippen molar-refractivity contribution in [2.24, 2.45) is 0 Å². The zero-order valence-electron chi connectivity index (χ0n) is 10.8. The van der Waals surface area contributed by atoms with Gasteiger partial charge in [-0.25, -0.2) is 4.68 Å². The van der Waals surface area contributed by atoms with Gasteiger partial charge in [-0.15, -0.1) is 0 Å². The maximum Gasteiger partial charge on any atom is 0.0660 e. The SMILES string of the molecule is CCCc1c(CNC)cnn1-c1cccc(Br)c1. The van der Waals surface area contributed by atoms with Crippen molar-refractivity contribution in [3.8, 4) is 5.69 Å². The molecule has 0 saturated heterocycles. The van der Waals surface area contributed by atoms with Crippen molar-refractivity contribution in [2.75, 3.05) is 7.05 Å². The Morgan fingerprint density at radius 3 is 2.89 bits per heavy atom. The topological polar surface area (TPSA) is 29.9 Å². The van der Waals surface area contributed by atoms with Gasteiger partial charge in [-0.1, -0.05) is 35.3 Å². The first-order valence-corrected chi connectivity index (χ1v) is 7.02. The van der Waals surface area contributed by atoms with Gasteiger partial charge in [-0.3, -0.25) is 0 Å². The van der Waals surface area contributed by atoms with Crippen molar-refractivity contribution in [3.05, 3.63) is 46.2 Å². The molecule has 1 aromatic heterocycles. The Bertz CT molecular complexity index is 520. The van der Waals surface area contributed by atoms with Crippen LogP contribution in [-0.2, 0) is 13.0 Å². The van der Waals surface area contributed by atoms with Crippen LogP contribution in [0.2, 0.25) is 0 Å². The summed E-state index contributed by atoms with van der Waals surface area (Å²) in [4.78, 5) is 0. The van der Waals surface area contributed by atoms with Crippen molar-refractivity contribution in [1.82, 2.24) is 15.1 Å². The average molecular weight is 308 g/mol. The predicted octanol–water partition coefficient (Wildman–Crippen LogP) is 3.31. The van der Waals surface area contributed by atoms with E-state index < -0.39 is 0 Å². The van der Waals surface area contributed by atoms with E-state index in [4.69, 9.17) is 0 Å². The Morgan fingerprint density at radius 2 is 2.22 bits per heavy atom. The van der Waals surface area contributed by atoms with Crippen LogP contribution < -0.4 is 5.32 Å². The maximum atomic E-state index is 4.52. The minimum absolute atomic E-state index is 0.864. The molecule has 96 valence electrons. The number of rotatable bonds is 5. The fraction of sp³-hybridized carbons (Fsp3) is 0.357. The third-order valence-electron chi connectivity index (χ3n) is 2.86. The lowest BCUT2D eigenvalue weighted by atomic mass is 10.1. The summed E-state index contributed by atoms with van der Waals surface area (Å²) in [6, 6.07) is 8.24. The number of hydrogen-bond acceptors (Lipinski definition) is 2. The van der Waals surface area contributed by atoms with Gasteiger partial charge in [-0.05, 0) is 31.7 Å². The molecule has 0 bridgehead atoms. The second kappa shape index (κ2) is 6.16. The number of halogens is 1. The molecule has 2 rings (SSSR count). The maximum absolute atomic E-state index is 4.52. The molecule has 0 aliphatic heterocycles. The van der Waals surface area contributed by atoms with E-state index >= 15 is 0 Å². The molecule has 2 aromatic rings. The highest BCUT2D eigenvalue weighted by molar-refractivity contribution is 9.10. The summed E-state index contributed by atoms with van der Waals surface area (Å²) in [7, 11) is 1.96. The number of nitrogens with one attached hydrogen (secondary N) is 1. The van der Waals surface area contributed by atoms with Crippen LogP contribution in [-0.4, -0.2) is 16.8 Å². The van der Waals surface area contributed by atoms with Gasteiger partial charge in [0.1, 0.15) is 0 Å². The first kappa shape index (κ1) is 13.3. The van der Waals surface area contributed by atoms with Crippen LogP contribution in [0.5, 0.6) is 0 Å². The fourth-order valence-corrected chi connectivity index (χ4v) is 2.47. The summed E-state index contributed by atoms with van der Waals surface area (Å²) in [5, 5.41) is 7.72. The van der Waals surface area contributed by atoms with E-state index in [-0.39, 0.29) is 0 Å². The molecule has 0 aliphatic carbocycles. The zero-order chi connectivity index (χ0) is 13.0. The lowest BCUT2D eigenvalue weighted by Crippen LogP contribution is -2.09. The van der Waals surface area contributed by atoms with Crippen LogP contribution in [0, 0.1) is 0 Å². The molecular formula is C14H18BrN3. The van der Waals surface area contributed by atoms with Gasteiger partial charge in [0.2, 0.25) is 0 Å². The Kier molecular flexibility index (Phi) is 4.55. The molecule has 4 heteroatoms. The summed E-state index contributed by atoms with van der Waals surface area (Å²) in [6.45, 7) is 3.06. The number of benzene rings is 1. The van der Waals surface area contributed by atoms with Gasteiger partial charge in [0.15, 0.2) is 0 Å². The van der Waals surface area contributed by atoms with E-state index in [2.05, 4.69) is 45.4 Å². The largest absolute Gasteiger partial charge is 0.316 e. The number of aromatic nitrogens is 2. The minimum atomic E-state index is 0.864. The Hall–Kier alpha value is -1.13. The van der Waals surface area contributed by atoms with E-state index in [0.29, 0.717) is 0 Å². The van der Waals surface area contributed by atoms with E-state index in [9.17, 15) is 0 Å². The van der Waals surface area contributed by atoms with Crippen LogP contribution in [0.4, 0.5) is 0 Å². The van der Waals surface area contributed by atoms with Gasteiger partial charge < -0.3 is 5.32 Å². The van der Waals surface area contributed by atoms with Crippen molar-refractivity contribution < 1.29 is 0 Å². The summed E-state index contributed by atoms with van der Waals surface area (Å²) < 4.78 is 3.12. The number of hydrogen-bond donors (Lipinski definition) is 1. The summed E-state index contributed by atoms with van der Waals surface area (Å²) in [5.41, 5.74) is 3.68. The van der Waals surface area contributed by atoms with Crippen molar-refractivity contribution >= 4 is 15.9 Å². The van der Waals surface area contributed by atoms with Crippen molar-refractivity contribution in [1.29, 1.82) is 0 Å². The lowest BCUT2D eigenvalue weighted by molar-refractivity contribution is 0.749. The Balaban J connectivity index is 2.43. The molecule has 0 radical (unpaired) electrons. The molecule has 3 nitrogen and oxygen atoms in total. The van der Waals surface area contributed by atoms with Gasteiger partial charge in [-0.2, -0.15) is 5.10 Å². The molecular weight excluding hydrogens is 290 g/mol. The molecule has 0 unspecified atom stereocenters. The highest BCUT2D eigenvalue weighted by atomic mass is 79.9. The third kappa shape index (κ3) is 2.82. The fourth-order valence-electron chi connectivity index (χ4n) is 2.08. The second-order valence-corrected chi connectivity index (χ2v) is 5.20. The molecule has 1 heterocycles. The highest BCUT2D eigenvalue weighted by Gasteiger charge is 2.10. The molecule has 1 N–H and O–H groups in total. The molecule has 0 spiro atoms. The van der Waals surface area contributed by atoms with Gasteiger partial charge in [0.25, 0.3) is 0 Å². The number of nitrogens with zero attached hydrogens (tertiary/aromatic N) is 2.